The molecule has 1 aliphatic heterocycles. The van der Waals surface area contributed by atoms with E-state index in [1.165, 1.54) is 0 Å². The minimum atomic E-state index is 0. The summed E-state index contributed by atoms with van der Waals surface area (Å²) in [6.07, 6.45) is 6.10. The van der Waals surface area contributed by atoms with Crippen molar-refractivity contribution in [2.24, 2.45) is 0 Å². The van der Waals surface area contributed by atoms with Crippen molar-refractivity contribution in [2.75, 3.05) is 5.75 Å². The molecule has 8 heavy (non-hydrogen) atoms. The zero-order chi connectivity index (χ0) is 5.11. The van der Waals surface area contributed by atoms with Crippen molar-refractivity contribution in [1.29, 1.82) is 0 Å². The van der Waals surface area contributed by atoms with Crippen LogP contribution < -0.4 is 28.8 Å². The first-order chi connectivity index (χ1) is 3.39. The Bertz CT molecular complexity index is 139. The van der Waals surface area contributed by atoms with Gasteiger partial charge in [-0.1, -0.05) is 18.2 Å². The summed E-state index contributed by atoms with van der Waals surface area (Å²) in [4.78, 5) is 0. The highest BCUT2D eigenvalue weighted by Crippen LogP contribution is 1.91. The maximum Gasteiger partial charge on any atom is 0.0654 e. The molecule has 0 saturated heterocycles. The number of hydrogen-bond donors (Lipinski definition) is 1. The fourth-order valence-corrected chi connectivity index (χ4v) is 1.18. The number of nitrogens with two attached hydrogens (primary N) is 1. The summed E-state index contributed by atoms with van der Waals surface area (Å²) in [5, 5.41) is 2.03. The van der Waals surface area contributed by atoms with E-state index in [4.69, 9.17) is 4.78 Å². The monoisotopic (exact) mass is 241 g/mol. The summed E-state index contributed by atoms with van der Waals surface area (Å²) in [7, 11) is 0.0424. The van der Waals surface area contributed by atoms with Crippen LogP contribution in [0.2, 0.25) is 0 Å². The lowest BCUT2D eigenvalue weighted by Gasteiger charge is -1.89. The molecule has 0 aliphatic carbocycles. The molecule has 0 fully saturated rings. The molecule has 1 atom stereocenters. The van der Waals surface area contributed by atoms with E-state index in [2.05, 4.69) is 6.08 Å². The van der Waals surface area contributed by atoms with E-state index in [1.54, 1.807) is 0 Å². The Hall–Kier alpha value is 0.360. The summed E-state index contributed by atoms with van der Waals surface area (Å²) >= 11 is 0. The number of hydrogen-bond acceptors (Lipinski definition) is 0. The Kier molecular flexibility index (Phi) is 4.45. The van der Waals surface area contributed by atoms with Crippen molar-refractivity contribution in [3.05, 3.63) is 23.6 Å². The van der Waals surface area contributed by atoms with Gasteiger partial charge in [-0.15, -0.1) is 0 Å². The van der Waals surface area contributed by atoms with Gasteiger partial charge in [0.05, 0.1) is 16.4 Å². The van der Waals surface area contributed by atoms with Crippen LogP contribution in [0.25, 0.3) is 0 Å². The summed E-state index contributed by atoms with van der Waals surface area (Å²) in [6.45, 7) is 0. The summed E-state index contributed by atoms with van der Waals surface area (Å²) in [6, 6.07) is 0. The molecule has 0 aromatic heterocycles. The van der Waals surface area contributed by atoms with Crippen LogP contribution in [-0.4, -0.2) is 5.75 Å². The fraction of sp³-hybridized carbons (Fsp3) is 0.200. The van der Waals surface area contributed by atoms with Crippen LogP contribution in [0.15, 0.2) is 23.6 Å². The van der Waals surface area contributed by atoms with Crippen LogP contribution in [0.5, 0.6) is 0 Å². The highest BCUT2D eigenvalue weighted by molar-refractivity contribution is 7.87. The molecule has 1 heterocycles. The van der Waals surface area contributed by atoms with E-state index in [1.807, 2.05) is 17.6 Å². The quantitative estimate of drug-likeness (QED) is 0.429. The van der Waals surface area contributed by atoms with Gasteiger partial charge < -0.3 is 24.0 Å². The number of halogens is 1. The van der Waals surface area contributed by atoms with Gasteiger partial charge in [0.1, 0.15) is 0 Å². The Balaban J connectivity index is 0.000000490. The Morgan fingerprint density at radius 1 is 1.38 bits per heavy atom. The Morgan fingerprint density at radius 3 is 2.38 bits per heavy atom. The van der Waals surface area contributed by atoms with E-state index < -0.39 is 0 Å². The molecular formula is C5H8INS. The van der Waals surface area contributed by atoms with Crippen molar-refractivity contribution < 1.29 is 28.8 Å². The summed E-state index contributed by atoms with van der Waals surface area (Å²) < 4.78 is 5.52. The first kappa shape index (κ1) is 8.36. The highest BCUT2D eigenvalue weighted by Gasteiger charge is 1.91. The molecule has 46 valence electrons. The van der Waals surface area contributed by atoms with Crippen LogP contribution in [0.1, 0.15) is 0 Å². The predicted octanol–water partition coefficient (Wildman–Crippen LogP) is -3.37. The molecule has 0 aromatic carbocycles. The molecule has 1 rings (SSSR count). The number of allylic oxidation sites excluding steroid dienone is 2. The zero-order valence-corrected chi connectivity index (χ0v) is 7.35. The third-order valence-corrected chi connectivity index (χ3v) is 1.87. The second kappa shape index (κ2) is 4.26. The van der Waals surface area contributed by atoms with Gasteiger partial charge in [0.2, 0.25) is 0 Å². The smallest absolute Gasteiger partial charge is 0.0654 e. The Labute approximate surface area is 68.8 Å². The van der Waals surface area contributed by atoms with Crippen LogP contribution in [-0.2, 0) is 10.7 Å². The Morgan fingerprint density at radius 2 is 2.12 bits per heavy atom. The normalized spacial score (nSPS) is 24.8. The second-order valence-electron chi connectivity index (χ2n) is 1.39. The molecule has 1 aliphatic rings. The van der Waals surface area contributed by atoms with Gasteiger partial charge in [-0.25, -0.2) is 4.78 Å². The lowest BCUT2D eigenvalue weighted by atomic mass is 10.5. The standard InChI is InChI=1S/C5H7NS.HI/c6-7-4-2-1-3-5-7;/h1-4,6H,5H2;1H. The maximum atomic E-state index is 5.52. The van der Waals surface area contributed by atoms with E-state index in [0.29, 0.717) is 0 Å². The van der Waals surface area contributed by atoms with Crippen LogP contribution in [0, 0.1) is 0 Å². The molecule has 2 N–H and O–H groups in total. The van der Waals surface area contributed by atoms with Crippen molar-refractivity contribution >= 4 is 10.7 Å². The molecule has 0 radical (unpaired) electrons. The van der Waals surface area contributed by atoms with E-state index in [-0.39, 0.29) is 34.7 Å². The lowest BCUT2D eigenvalue weighted by molar-refractivity contribution is -0.0740. The molecule has 0 spiro atoms. The van der Waals surface area contributed by atoms with Crippen molar-refractivity contribution in [1.82, 2.24) is 0 Å². The van der Waals surface area contributed by atoms with Gasteiger partial charge in [-0.05, 0) is 0 Å². The second-order valence-corrected chi connectivity index (χ2v) is 2.94. The topological polar surface area (TPSA) is 25.6 Å². The average molecular weight is 241 g/mol. The van der Waals surface area contributed by atoms with Gasteiger partial charge in [0, 0.05) is 5.41 Å². The molecule has 1 unspecified atom stereocenters. The van der Waals surface area contributed by atoms with Crippen molar-refractivity contribution in [2.45, 2.75) is 0 Å². The van der Waals surface area contributed by atoms with E-state index in [9.17, 15) is 0 Å². The summed E-state index contributed by atoms with van der Waals surface area (Å²) in [5.41, 5.74) is 0. The number of rotatable bonds is 0. The molecular weight excluding hydrogens is 233 g/mol. The van der Waals surface area contributed by atoms with Crippen LogP contribution in [0.4, 0.5) is 0 Å². The van der Waals surface area contributed by atoms with Crippen molar-refractivity contribution in [3.8, 4) is 0 Å². The average Bonchev–Trinajstić information content (AvgIpc) is 1.69. The first-order valence-electron chi connectivity index (χ1n) is 2.17. The van der Waals surface area contributed by atoms with Gasteiger partial charge >= 0.3 is 0 Å². The molecule has 0 saturated carbocycles. The van der Waals surface area contributed by atoms with Gasteiger partial charge in [0.25, 0.3) is 0 Å². The highest BCUT2D eigenvalue weighted by atomic mass is 127. The molecule has 0 bridgehead atoms. The summed E-state index contributed by atoms with van der Waals surface area (Å²) in [5.74, 6) is 1.02. The molecule has 0 aromatic rings. The SMILES string of the molecule is [I-].[NH2+]=S1C=CC=CC1. The van der Waals surface area contributed by atoms with Gasteiger partial charge in [0.15, 0.2) is 0 Å². The minimum absolute atomic E-state index is 0. The van der Waals surface area contributed by atoms with Gasteiger partial charge in [-0.2, -0.15) is 0 Å². The fourth-order valence-electron chi connectivity index (χ4n) is 0.447. The predicted molar refractivity (Wildman–Crippen MR) is 32.4 cm³/mol. The van der Waals surface area contributed by atoms with Crippen molar-refractivity contribution in [3.63, 3.8) is 0 Å². The molecule has 1 nitrogen and oxygen atoms in total. The third kappa shape index (κ3) is 2.61. The molecule has 3 heteroatoms. The van der Waals surface area contributed by atoms with Crippen LogP contribution in [0.3, 0.4) is 0 Å². The molecule has 0 amide bonds. The van der Waals surface area contributed by atoms with Crippen LogP contribution >= 0.6 is 0 Å². The first-order valence-corrected chi connectivity index (χ1v) is 3.69. The minimum Gasteiger partial charge on any atom is -1.00 e. The van der Waals surface area contributed by atoms with E-state index in [0.717, 1.165) is 5.75 Å². The van der Waals surface area contributed by atoms with E-state index >= 15 is 0 Å². The zero-order valence-electron chi connectivity index (χ0n) is 4.38. The third-order valence-electron chi connectivity index (χ3n) is 0.789. The van der Waals surface area contributed by atoms with Gasteiger partial charge in [-0.3, -0.25) is 0 Å². The maximum absolute atomic E-state index is 5.52. The lowest BCUT2D eigenvalue weighted by Crippen LogP contribution is -3.00. The largest absolute Gasteiger partial charge is 1.00 e.